The van der Waals surface area contributed by atoms with Gasteiger partial charge in [0.15, 0.2) is 0 Å². The summed E-state index contributed by atoms with van der Waals surface area (Å²) < 4.78 is 1.14. The molecule has 0 saturated heterocycles. The van der Waals surface area contributed by atoms with E-state index in [2.05, 4.69) is 37.3 Å². The number of aryl methyl sites for hydroxylation is 1. The largest absolute Gasteiger partial charge is 0.349 e. The van der Waals surface area contributed by atoms with E-state index in [1.807, 2.05) is 13.0 Å². The molecule has 0 bridgehead atoms. The maximum atomic E-state index is 4.17. The van der Waals surface area contributed by atoms with Crippen molar-refractivity contribution in [2.24, 2.45) is 0 Å². The average molecular weight is 284 g/mol. The van der Waals surface area contributed by atoms with Crippen LogP contribution in [0.2, 0.25) is 0 Å². The molecule has 0 aromatic carbocycles. The van der Waals surface area contributed by atoms with Gasteiger partial charge in [-0.25, -0.2) is 9.97 Å². The summed E-state index contributed by atoms with van der Waals surface area (Å²) in [6, 6.07) is 4.12. The molecule has 0 aliphatic rings. The van der Waals surface area contributed by atoms with Crippen LogP contribution in [0.1, 0.15) is 10.4 Å². The molecule has 0 spiro atoms. The number of nitrogens with one attached hydrogen (secondary N) is 1. The lowest BCUT2D eigenvalue weighted by Gasteiger charge is -2.01. The number of anilines is 1. The lowest BCUT2D eigenvalue weighted by Crippen LogP contribution is -2.01. The summed E-state index contributed by atoms with van der Waals surface area (Å²) >= 11 is 5.14. The minimum Gasteiger partial charge on any atom is -0.349 e. The lowest BCUT2D eigenvalue weighted by molar-refractivity contribution is 1.06. The van der Waals surface area contributed by atoms with Gasteiger partial charge in [0.25, 0.3) is 0 Å². The summed E-state index contributed by atoms with van der Waals surface area (Å²) in [5, 5.41) is 3.17. The van der Waals surface area contributed by atoms with Crippen LogP contribution in [-0.2, 0) is 6.54 Å². The summed E-state index contributed by atoms with van der Waals surface area (Å²) in [4.78, 5) is 9.60. The molecule has 15 heavy (non-hydrogen) atoms. The second-order valence-electron chi connectivity index (χ2n) is 3.14. The van der Waals surface area contributed by atoms with Gasteiger partial charge < -0.3 is 5.32 Å². The molecule has 3 nitrogen and oxygen atoms in total. The number of halogens is 1. The molecule has 1 N–H and O–H groups in total. The van der Waals surface area contributed by atoms with Crippen LogP contribution in [0.3, 0.4) is 0 Å². The van der Waals surface area contributed by atoms with Crippen molar-refractivity contribution in [3.8, 4) is 0 Å². The molecule has 0 aliphatic carbocycles. The minimum absolute atomic E-state index is 0.671. The molecule has 0 aliphatic heterocycles. The number of hydrogen-bond donors (Lipinski definition) is 1. The van der Waals surface area contributed by atoms with E-state index in [1.54, 1.807) is 23.7 Å². The van der Waals surface area contributed by atoms with Gasteiger partial charge in [0.05, 0.1) is 10.3 Å². The Hall–Kier alpha value is -0.940. The van der Waals surface area contributed by atoms with Gasteiger partial charge in [-0.1, -0.05) is 0 Å². The zero-order valence-electron chi connectivity index (χ0n) is 8.20. The van der Waals surface area contributed by atoms with Crippen molar-refractivity contribution in [3.05, 3.63) is 38.8 Å². The zero-order chi connectivity index (χ0) is 10.7. The van der Waals surface area contributed by atoms with Crippen molar-refractivity contribution >= 4 is 33.2 Å². The number of aromatic nitrogens is 2. The van der Waals surface area contributed by atoms with Gasteiger partial charge in [0.2, 0.25) is 5.95 Å². The maximum absolute atomic E-state index is 4.17. The van der Waals surface area contributed by atoms with Crippen molar-refractivity contribution in [2.45, 2.75) is 13.5 Å². The minimum atomic E-state index is 0.671. The highest BCUT2D eigenvalue weighted by atomic mass is 79.9. The van der Waals surface area contributed by atoms with Gasteiger partial charge in [0.1, 0.15) is 0 Å². The summed E-state index contributed by atoms with van der Waals surface area (Å²) in [6.45, 7) is 2.74. The quantitative estimate of drug-likeness (QED) is 0.940. The molecule has 0 fully saturated rings. The van der Waals surface area contributed by atoms with Crippen LogP contribution in [0.4, 0.5) is 5.95 Å². The van der Waals surface area contributed by atoms with E-state index in [0.29, 0.717) is 5.95 Å². The fraction of sp³-hybridized carbons (Fsp3) is 0.200. The van der Waals surface area contributed by atoms with Crippen LogP contribution in [0.5, 0.6) is 0 Å². The first kappa shape index (κ1) is 10.6. The van der Waals surface area contributed by atoms with Crippen molar-refractivity contribution in [3.63, 3.8) is 0 Å². The van der Waals surface area contributed by atoms with E-state index in [9.17, 15) is 0 Å². The third kappa shape index (κ3) is 3.00. The predicted molar refractivity (Wildman–Crippen MR) is 66.1 cm³/mol. The van der Waals surface area contributed by atoms with Gasteiger partial charge in [-0.15, -0.1) is 11.3 Å². The SMILES string of the molecule is Cc1cnc(NCc2ccc(Br)s2)nc1. The Kier molecular flexibility index (Phi) is 3.33. The summed E-state index contributed by atoms with van der Waals surface area (Å²) in [6.07, 6.45) is 3.61. The van der Waals surface area contributed by atoms with Crippen LogP contribution in [0.15, 0.2) is 28.3 Å². The normalized spacial score (nSPS) is 10.3. The molecule has 2 rings (SSSR count). The second kappa shape index (κ2) is 4.72. The van der Waals surface area contributed by atoms with Crippen LogP contribution in [0, 0.1) is 6.92 Å². The van der Waals surface area contributed by atoms with Crippen LogP contribution >= 0.6 is 27.3 Å². The Balaban J connectivity index is 1.96. The smallest absolute Gasteiger partial charge is 0.222 e. The van der Waals surface area contributed by atoms with Gasteiger partial charge in [0, 0.05) is 17.3 Å². The molecule has 0 radical (unpaired) electrons. The predicted octanol–water partition coefficient (Wildman–Crippen LogP) is 3.22. The Morgan fingerprint density at radius 2 is 2.07 bits per heavy atom. The number of rotatable bonds is 3. The summed E-state index contributed by atoms with van der Waals surface area (Å²) in [5.41, 5.74) is 1.07. The monoisotopic (exact) mass is 283 g/mol. The Bertz CT molecular complexity index is 438. The van der Waals surface area contributed by atoms with Crippen LogP contribution < -0.4 is 5.32 Å². The molecule has 0 saturated carbocycles. The molecule has 2 heterocycles. The first-order chi connectivity index (χ1) is 7.24. The molecule has 2 aromatic heterocycles. The van der Waals surface area contributed by atoms with E-state index < -0.39 is 0 Å². The zero-order valence-corrected chi connectivity index (χ0v) is 10.6. The molecule has 0 atom stereocenters. The molecule has 0 unspecified atom stereocenters. The average Bonchev–Trinajstić information content (AvgIpc) is 2.64. The maximum Gasteiger partial charge on any atom is 0.222 e. The molecular formula is C10H10BrN3S. The highest BCUT2D eigenvalue weighted by molar-refractivity contribution is 9.11. The van der Waals surface area contributed by atoms with Gasteiger partial charge in [-0.05, 0) is 40.5 Å². The number of nitrogens with zero attached hydrogens (tertiary/aromatic N) is 2. The van der Waals surface area contributed by atoms with E-state index in [1.165, 1.54) is 4.88 Å². The van der Waals surface area contributed by atoms with Gasteiger partial charge in [-0.2, -0.15) is 0 Å². The Morgan fingerprint density at radius 3 is 2.67 bits per heavy atom. The highest BCUT2D eigenvalue weighted by Crippen LogP contribution is 2.22. The van der Waals surface area contributed by atoms with Crippen LogP contribution in [0.25, 0.3) is 0 Å². The Morgan fingerprint density at radius 1 is 1.33 bits per heavy atom. The molecular weight excluding hydrogens is 274 g/mol. The summed E-state index contributed by atoms with van der Waals surface area (Å²) in [7, 11) is 0. The highest BCUT2D eigenvalue weighted by Gasteiger charge is 1.98. The standard InChI is InChI=1S/C10H10BrN3S/c1-7-4-12-10(13-5-7)14-6-8-2-3-9(11)15-8/h2-5H,6H2,1H3,(H,12,13,14). The first-order valence-electron chi connectivity index (χ1n) is 4.51. The number of hydrogen-bond acceptors (Lipinski definition) is 4. The third-order valence-electron chi connectivity index (χ3n) is 1.83. The van der Waals surface area contributed by atoms with Crippen molar-refractivity contribution < 1.29 is 0 Å². The fourth-order valence-electron chi connectivity index (χ4n) is 1.10. The van der Waals surface area contributed by atoms with Crippen molar-refractivity contribution in [1.29, 1.82) is 0 Å². The number of thiophene rings is 1. The van der Waals surface area contributed by atoms with Gasteiger partial charge >= 0.3 is 0 Å². The summed E-state index contributed by atoms with van der Waals surface area (Å²) in [5.74, 6) is 0.671. The van der Waals surface area contributed by atoms with Gasteiger partial charge in [-0.3, -0.25) is 0 Å². The van der Waals surface area contributed by atoms with E-state index in [-0.39, 0.29) is 0 Å². The third-order valence-corrected chi connectivity index (χ3v) is 3.45. The Labute approximate surface area is 101 Å². The second-order valence-corrected chi connectivity index (χ2v) is 5.69. The van der Waals surface area contributed by atoms with E-state index >= 15 is 0 Å². The van der Waals surface area contributed by atoms with E-state index in [4.69, 9.17) is 0 Å². The molecule has 5 heteroatoms. The van der Waals surface area contributed by atoms with E-state index in [0.717, 1.165) is 15.9 Å². The molecule has 2 aromatic rings. The fourth-order valence-corrected chi connectivity index (χ4v) is 2.52. The van der Waals surface area contributed by atoms with Crippen LogP contribution in [-0.4, -0.2) is 9.97 Å². The topological polar surface area (TPSA) is 37.8 Å². The first-order valence-corrected chi connectivity index (χ1v) is 6.12. The van der Waals surface area contributed by atoms with Crippen molar-refractivity contribution in [2.75, 3.05) is 5.32 Å². The molecule has 0 amide bonds. The molecule has 78 valence electrons. The lowest BCUT2D eigenvalue weighted by atomic mass is 10.4. The van der Waals surface area contributed by atoms with Crippen molar-refractivity contribution in [1.82, 2.24) is 9.97 Å².